The molecular formula is C23H37IN4O. The fourth-order valence-corrected chi connectivity index (χ4v) is 4.31. The van der Waals surface area contributed by atoms with Crippen molar-refractivity contribution in [1.82, 2.24) is 10.2 Å². The highest BCUT2D eigenvalue weighted by atomic mass is 127. The lowest BCUT2D eigenvalue weighted by molar-refractivity contribution is -0.127. The lowest BCUT2D eigenvalue weighted by Gasteiger charge is -2.24. The maximum absolute atomic E-state index is 11.9. The summed E-state index contributed by atoms with van der Waals surface area (Å²) in [5.74, 6) is 1.72. The summed E-state index contributed by atoms with van der Waals surface area (Å²) >= 11 is 0. The van der Waals surface area contributed by atoms with E-state index in [2.05, 4.69) is 60.2 Å². The first-order chi connectivity index (χ1) is 13.4. The monoisotopic (exact) mass is 512 g/mol. The van der Waals surface area contributed by atoms with Gasteiger partial charge in [-0.2, -0.15) is 0 Å². The zero-order valence-corrected chi connectivity index (χ0v) is 20.7. The number of hydrogen-bond donors (Lipinski definition) is 1. The van der Waals surface area contributed by atoms with Gasteiger partial charge in [-0.25, -0.2) is 0 Å². The smallest absolute Gasteiger partial charge is 0.222 e. The van der Waals surface area contributed by atoms with E-state index < -0.39 is 0 Å². The summed E-state index contributed by atoms with van der Waals surface area (Å²) in [5.41, 5.74) is 3.00. The van der Waals surface area contributed by atoms with Crippen LogP contribution in [-0.4, -0.2) is 50.0 Å². The first-order valence-corrected chi connectivity index (χ1v) is 10.7. The summed E-state index contributed by atoms with van der Waals surface area (Å²) in [7, 11) is 1.87. The number of hydrogen-bond acceptors (Lipinski definition) is 2. The Labute approximate surface area is 193 Å². The highest BCUT2D eigenvalue weighted by Crippen LogP contribution is 2.38. The van der Waals surface area contributed by atoms with Gasteiger partial charge in [0.1, 0.15) is 0 Å². The van der Waals surface area contributed by atoms with Gasteiger partial charge in [0.2, 0.25) is 5.91 Å². The van der Waals surface area contributed by atoms with Crippen LogP contribution in [0, 0.1) is 5.41 Å². The molecule has 1 N–H and O–H groups in total. The van der Waals surface area contributed by atoms with Gasteiger partial charge in [-0.3, -0.25) is 9.79 Å². The van der Waals surface area contributed by atoms with E-state index in [-0.39, 0.29) is 24.0 Å². The molecule has 1 fully saturated rings. The van der Waals surface area contributed by atoms with Crippen molar-refractivity contribution in [3.8, 4) is 0 Å². The number of para-hydroxylation sites is 1. The molecule has 1 aromatic carbocycles. The standard InChI is InChI=1S/C23H36N4O.HI/c1-23(2,3)13-8-14-25-22(24-4)27-17-18(19-9-5-6-10-20(19)27)12-16-26-15-7-11-21(26)28;/h5-6,9-10,18H,7-8,11-17H2,1-4H3,(H,24,25);1H. The van der Waals surface area contributed by atoms with Gasteiger partial charge in [-0.15, -0.1) is 24.0 Å². The minimum absolute atomic E-state index is 0. The van der Waals surface area contributed by atoms with Crippen molar-refractivity contribution < 1.29 is 4.79 Å². The Morgan fingerprint density at radius 2 is 2.03 bits per heavy atom. The maximum Gasteiger partial charge on any atom is 0.222 e. The first kappa shape index (κ1) is 24.0. The van der Waals surface area contributed by atoms with Crippen molar-refractivity contribution >= 4 is 41.5 Å². The average molecular weight is 512 g/mol. The molecule has 3 rings (SSSR count). The number of amides is 1. The Hall–Kier alpha value is -1.31. The van der Waals surface area contributed by atoms with Gasteiger partial charge in [0.15, 0.2) is 5.96 Å². The molecule has 1 atom stereocenters. The minimum Gasteiger partial charge on any atom is -0.356 e. The molecule has 2 aliphatic rings. The number of aliphatic imine (C=N–C) groups is 1. The quantitative estimate of drug-likeness (QED) is 0.262. The lowest BCUT2D eigenvalue weighted by atomic mass is 9.91. The molecule has 162 valence electrons. The first-order valence-electron chi connectivity index (χ1n) is 10.7. The number of halogens is 1. The Morgan fingerprint density at radius 1 is 1.28 bits per heavy atom. The molecule has 1 unspecified atom stereocenters. The van der Waals surface area contributed by atoms with Gasteiger partial charge >= 0.3 is 0 Å². The number of anilines is 1. The second-order valence-corrected chi connectivity index (χ2v) is 9.28. The van der Waals surface area contributed by atoms with Crippen LogP contribution in [-0.2, 0) is 4.79 Å². The van der Waals surface area contributed by atoms with Gasteiger partial charge in [0.25, 0.3) is 0 Å². The lowest BCUT2D eigenvalue weighted by Crippen LogP contribution is -2.41. The second-order valence-electron chi connectivity index (χ2n) is 9.28. The van der Waals surface area contributed by atoms with Gasteiger partial charge in [0, 0.05) is 51.3 Å². The molecule has 1 aromatic rings. The molecule has 0 aliphatic carbocycles. The van der Waals surface area contributed by atoms with Crippen molar-refractivity contribution in [1.29, 1.82) is 0 Å². The number of fused-ring (bicyclic) bond motifs is 1. The van der Waals surface area contributed by atoms with Crippen LogP contribution in [0.2, 0.25) is 0 Å². The Morgan fingerprint density at radius 3 is 2.69 bits per heavy atom. The summed E-state index contributed by atoms with van der Waals surface area (Å²) in [6.45, 7) is 10.5. The molecule has 0 spiro atoms. The van der Waals surface area contributed by atoms with Crippen molar-refractivity contribution in [2.45, 2.75) is 58.8 Å². The van der Waals surface area contributed by atoms with E-state index in [9.17, 15) is 4.79 Å². The van der Waals surface area contributed by atoms with Crippen LogP contribution in [0.15, 0.2) is 29.3 Å². The summed E-state index contributed by atoms with van der Waals surface area (Å²) < 4.78 is 0. The van der Waals surface area contributed by atoms with Gasteiger partial charge in [-0.1, -0.05) is 39.0 Å². The molecule has 0 radical (unpaired) electrons. The van der Waals surface area contributed by atoms with E-state index in [1.807, 2.05) is 11.9 Å². The molecule has 2 aliphatic heterocycles. The molecular weight excluding hydrogens is 475 g/mol. The second kappa shape index (κ2) is 10.6. The third-order valence-corrected chi connectivity index (χ3v) is 5.84. The summed E-state index contributed by atoms with van der Waals surface area (Å²) in [6, 6.07) is 8.65. The van der Waals surface area contributed by atoms with Crippen molar-refractivity contribution in [2.24, 2.45) is 10.4 Å². The van der Waals surface area contributed by atoms with Gasteiger partial charge < -0.3 is 15.1 Å². The molecule has 0 aromatic heterocycles. The Bertz CT molecular complexity index is 713. The largest absolute Gasteiger partial charge is 0.356 e. The molecule has 29 heavy (non-hydrogen) atoms. The predicted molar refractivity (Wildman–Crippen MR) is 132 cm³/mol. The van der Waals surface area contributed by atoms with E-state index in [1.165, 1.54) is 17.7 Å². The van der Waals surface area contributed by atoms with Crippen molar-refractivity contribution in [3.05, 3.63) is 29.8 Å². The normalized spacial score (nSPS) is 19.4. The number of rotatable bonds is 6. The highest BCUT2D eigenvalue weighted by Gasteiger charge is 2.32. The zero-order chi connectivity index (χ0) is 20.1. The van der Waals surface area contributed by atoms with E-state index >= 15 is 0 Å². The number of guanidine groups is 1. The summed E-state index contributed by atoms with van der Waals surface area (Å²) in [6.07, 6.45) is 5.08. The predicted octanol–water partition coefficient (Wildman–Crippen LogP) is 4.62. The number of carbonyl (C=O) groups excluding carboxylic acids is 1. The topological polar surface area (TPSA) is 47.9 Å². The number of benzene rings is 1. The van der Waals surface area contributed by atoms with E-state index in [4.69, 9.17) is 0 Å². The summed E-state index contributed by atoms with van der Waals surface area (Å²) in [5, 5.41) is 3.56. The van der Waals surface area contributed by atoms with Crippen LogP contribution in [0.3, 0.4) is 0 Å². The molecule has 6 heteroatoms. The van der Waals surface area contributed by atoms with Crippen LogP contribution < -0.4 is 10.2 Å². The van der Waals surface area contributed by atoms with Crippen LogP contribution in [0.1, 0.15) is 64.4 Å². The molecule has 2 heterocycles. The highest BCUT2D eigenvalue weighted by molar-refractivity contribution is 14.0. The average Bonchev–Trinajstić information content (AvgIpc) is 3.23. The molecule has 1 amide bonds. The Balaban J connectivity index is 0.00000300. The summed E-state index contributed by atoms with van der Waals surface area (Å²) in [4.78, 5) is 20.9. The maximum atomic E-state index is 11.9. The van der Waals surface area contributed by atoms with Crippen molar-refractivity contribution in [2.75, 3.05) is 38.1 Å². The molecule has 1 saturated heterocycles. The number of carbonyl (C=O) groups is 1. The minimum atomic E-state index is 0. The fourth-order valence-electron chi connectivity index (χ4n) is 4.31. The van der Waals surface area contributed by atoms with Gasteiger partial charge in [0.05, 0.1) is 0 Å². The third kappa shape index (κ3) is 6.33. The Kier molecular flexibility index (Phi) is 8.79. The number of nitrogens with one attached hydrogen (secondary N) is 1. The van der Waals surface area contributed by atoms with E-state index in [1.54, 1.807) is 0 Å². The van der Waals surface area contributed by atoms with Gasteiger partial charge in [-0.05, 0) is 42.7 Å². The van der Waals surface area contributed by atoms with Crippen LogP contribution in [0.4, 0.5) is 5.69 Å². The zero-order valence-electron chi connectivity index (χ0n) is 18.4. The molecule has 0 bridgehead atoms. The fraction of sp³-hybridized carbons (Fsp3) is 0.652. The number of likely N-dealkylation sites (tertiary alicyclic amines) is 1. The van der Waals surface area contributed by atoms with Crippen LogP contribution >= 0.6 is 24.0 Å². The van der Waals surface area contributed by atoms with Crippen LogP contribution in [0.5, 0.6) is 0 Å². The van der Waals surface area contributed by atoms with E-state index in [0.29, 0.717) is 17.2 Å². The number of nitrogens with zero attached hydrogens (tertiary/aromatic N) is 3. The third-order valence-electron chi connectivity index (χ3n) is 5.84. The van der Waals surface area contributed by atoms with Crippen molar-refractivity contribution in [3.63, 3.8) is 0 Å². The SMILES string of the molecule is CN=C(NCCCC(C)(C)C)N1CC(CCN2CCCC2=O)c2ccccc21.I. The van der Waals surface area contributed by atoms with Crippen LogP contribution in [0.25, 0.3) is 0 Å². The van der Waals surface area contributed by atoms with E-state index in [0.717, 1.165) is 57.8 Å². The molecule has 5 nitrogen and oxygen atoms in total. The molecule has 0 saturated carbocycles.